The van der Waals surface area contributed by atoms with Crippen molar-refractivity contribution in [3.8, 4) is 11.5 Å². The highest BCUT2D eigenvalue weighted by Crippen LogP contribution is 2.24. The number of hydrogen-bond acceptors (Lipinski definition) is 5. The van der Waals surface area contributed by atoms with Crippen LogP contribution < -0.4 is 20.3 Å². The maximum Gasteiger partial charge on any atom is 0.274 e. The molecule has 7 heteroatoms. The van der Waals surface area contributed by atoms with Gasteiger partial charge in [0.05, 0.1) is 19.6 Å². The summed E-state index contributed by atoms with van der Waals surface area (Å²) in [4.78, 5) is 25.2. The fourth-order valence-electron chi connectivity index (χ4n) is 3.09. The zero-order chi connectivity index (χ0) is 20.1. The molecule has 0 aliphatic rings. The molecule has 0 aliphatic carbocycles. The average molecular weight is 381 g/mol. The first-order chi connectivity index (χ1) is 13.6. The first-order valence-corrected chi connectivity index (χ1v) is 9.08. The van der Waals surface area contributed by atoms with Gasteiger partial charge in [-0.25, -0.2) is 4.68 Å². The van der Waals surface area contributed by atoms with Gasteiger partial charge in [-0.3, -0.25) is 9.59 Å². The van der Waals surface area contributed by atoms with E-state index in [1.807, 2.05) is 25.1 Å². The van der Waals surface area contributed by atoms with E-state index in [9.17, 15) is 9.59 Å². The number of aromatic nitrogens is 2. The summed E-state index contributed by atoms with van der Waals surface area (Å²) < 4.78 is 11.9. The van der Waals surface area contributed by atoms with E-state index < -0.39 is 0 Å². The van der Waals surface area contributed by atoms with Gasteiger partial charge in [0.25, 0.3) is 11.5 Å². The Morgan fingerprint density at radius 2 is 1.86 bits per heavy atom. The fourth-order valence-corrected chi connectivity index (χ4v) is 3.09. The second-order valence-electron chi connectivity index (χ2n) is 6.20. The zero-order valence-electron chi connectivity index (χ0n) is 16.2. The van der Waals surface area contributed by atoms with E-state index in [2.05, 4.69) is 10.4 Å². The van der Waals surface area contributed by atoms with Gasteiger partial charge in [0.1, 0.15) is 11.5 Å². The number of benzene rings is 2. The molecular weight excluding hydrogens is 358 g/mol. The Morgan fingerprint density at radius 1 is 1.11 bits per heavy atom. The van der Waals surface area contributed by atoms with Crippen molar-refractivity contribution in [2.45, 2.75) is 19.9 Å². The third-order valence-electron chi connectivity index (χ3n) is 4.55. The van der Waals surface area contributed by atoms with E-state index in [1.165, 1.54) is 4.68 Å². The van der Waals surface area contributed by atoms with Gasteiger partial charge in [0, 0.05) is 18.5 Å². The predicted octanol–water partition coefficient (Wildman–Crippen LogP) is 2.41. The quantitative estimate of drug-likeness (QED) is 0.680. The second-order valence-corrected chi connectivity index (χ2v) is 6.20. The number of nitrogens with zero attached hydrogens (tertiary/aromatic N) is 2. The highest BCUT2D eigenvalue weighted by molar-refractivity contribution is 6.04. The van der Waals surface area contributed by atoms with Crippen LogP contribution in [0.15, 0.2) is 47.3 Å². The Morgan fingerprint density at radius 3 is 2.54 bits per heavy atom. The smallest absolute Gasteiger partial charge is 0.274 e. The minimum absolute atomic E-state index is 0.198. The summed E-state index contributed by atoms with van der Waals surface area (Å²) >= 11 is 0. The van der Waals surface area contributed by atoms with E-state index >= 15 is 0 Å². The topological polar surface area (TPSA) is 82.5 Å². The van der Waals surface area contributed by atoms with Crippen molar-refractivity contribution < 1.29 is 14.3 Å². The largest absolute Gasteiger partial charge is 0.497 e. The van der Waals surface area contributed by atoms with Crippen molar-refractivity contribution in [1.82, 2.24) is 15.1 Å². The highest BCUT2D eigenvalue weighted by atomic mass is 16.5. The van der Waals surface area contributed by atoms with Gasteiger partial charge in [-0.2, -0.15) is 5.10 Å². The van der Waals surface area contributed by atoms with E-state index in [0.717, 1.165) is 17.1 Å². The molecule has 7 nitrogen and oxygen atoms in total. The van der Waals surface area contributed by atoms with Crippen LogP contribution in [-0.2, 0) is 13.0 Å². The summed E-state index contributed by atoms with van der Waals surface area (Å²) in [7, 11) is 3.21. The maximum absolute atomic E-state index is 12.8. The Bertz CT molecular complexity index is 1060. The van der Waals surface area contributed by atoms with Crippen LogP contribution in [0.3, 0.4) is 0 Å². The first kappa shape index (κ1) is 19.4. The second kappa shape index (κ2) is 8.56. The molecule has 0 unspecified atom stereocenters. The molecule has 0 saturated heterocycles. The minimum atomic E-state index is -0.319. The molecule has 1 amide bonds. The van der Waals surface area contributed by atoms with Crippen LogP contribution in [0.25, 0.3) is 10.8 Å². The number of nitrogens with one attached hydrogen (secondary N) is 1. The molecule has 3 rings (SSSR count). The van der Waals surface area contributed by atoms with Gasteiger partial charge in [-0.1, -0.05) is 18.2 Å². The monoisotopic (exact) mass is 381 g/mol. The average Bonchev–Trinajstić information content (AvgIpc) is 2.74. The van der Waals surface area contributed by atoms with Crippen molar-refractivity contribution in [2.75, 3.05) is 20.8 Å². The SMILES string of the molecule is CCn1nc(C(=O)NCCc2cc(OC)ccc2OC)c2ccccc2c1=O. The molecule has 3 aromatic rings. The molecule has 0 aliphatic heterocycles. The Labute approximate surface area is 162 Å². The lowest BCUT2D eigenvalue weighted by Gasteiger charge is -2.12. The molecule has 0 fully saturated rings. The first-order valence-electron chi connectivity index (χ1n) is 9.08. The van der Waals surface area contributed by atoms with Crippen LogP contribution in [0.5, 0.6) is 11.5 Å². The Hall–Kier alpha value is -3.35. The van der Waals surface area contributed by atoms with E-state index in [4.69, 9.17) is 9.47 Å². The fraction of sp³-hybridized carbons (Fsp3) is 0.286. The van der Waals surface area contributed by atoms with Crippen molar-refractivity contribution in [1.29, 1.82) is 0 Å². The molecule has 0 bridgehead atoms. The number of ether oxygens (including phenoxy) is 2. The van der Waals surface area contributed by atoms with Gasteiger partial charge < -0.3 is 14.8 Å². The van der Waals surface area contributed by atoms with Crippen LogP contribution in [0, 0.1) is 0 Å². The number of methoxy groups -OCH3 is 2. The van der Waals surface area contributed by atoms with Crippen molar-refractivity contribution in [3.63, 3.8) is 0 Å². The number of rotatable bonds is 7. The molecule has 146 valence electrons. The standard InChI is InChI=1S/C21H23N3O4/c1-4-24-21(26)17-8-6-5-7-16(17)19(23-24)20(25)22-12-11-14-13-15(27-2)9-10-18(14)28-3/h5-10,13H,4,11-12H2,1-3H3,(H,22,25). The summed E-state index contributed by atoms with van der Waals surface area (Å²) in [6.07, 6.45) is 0.567. The van der Waals surface area contributed by atoms with E-state index in [0.29, 0.717) is 30.3 Å². The van der Waals surface area contributed by atoms with Crippen LogP contribution in [0.2, 0.25) is 0 Å². The van der Waals surface area contributed by atoms with Crippen LogP contribution in [-0.4, -0.2) is 36.5 Å². The number of carbonyl (C=O) groups is 1. The summed E-state index contributed by atoms with van der Waals surface area (Å²) in [5, 5.41) is 8.17. The third kappa shape index (κ3) is 3.83. The van der Waals surface area contributed by atoms with Gasteiger partial charge in [0.2, 0.25) is 0 Å². The lowest BCUT2D eigenvalue weighted by Crippen LogP contribution is -2.31. The van der Waals surface area contributed by atoms with Crippen molar-refractivity contribution in [3.05, 3.63) is 64.1 Å². The number of aryl methyl sites for hydroxylation is 1. The van der Waals surface area contributed by atoms with Gasteiger partial charge >= 0.3 is 0 Å². The summed E-state index contributed by atoms with van der Waals surface area (Å²) in [5.74, 6) is 1.14. The van der Waals surface area contributed by atoms with E-state index in [1.54, 1.807) is 38.5 Å². The third-order valence-corrected chi connectivity index (χ3v) is 4.55. The van der Waals surface area contributed by atoms with E-state index in [-0.39, 0.29) is 17.2 Å². The molecule has 28 heavy (non-hydrogen) atoms. The Balaban J connectivity index is 1.81. The Kier molecular flexibility index (Phi) is 5.93. The summed E-state index contributed by atoms with van der Waals surface area (Å²) in [5.41, 5.74) is 0.976. The number of amides is 1. The minimum Gasteiger partial charge on any atom is -0.497 e. The van der Waals surface area contributed by atoms with Crippen molar-refractivity contribution in [2.24, 2.45) is 0 Å². The lowest BCUT2D eigenvalue weighted by atomic mass is 10.1. The molecular formula is C21H23N3O4. The molecule has 0 spiro atoms. The van der Waals surface area contributed by atoms with Crippen LogP contribution in [0.1, 0.15) is 23.0 Å². The maximum atomic E-state index is 12.8. The normalized spacial score (nSPS) is 10.7. The summed E-state index contributed by atoms with van der Waals surface area (Å²) in [6, 6.07) is 12.6. The molecule has 1 N–H and O–H groups in total. The zero-order valence-corrected chi connectivity index (χ0v) is 16.2. The molecule has 0 saturated carbocycles. The number of carbonyl (C=O) groups excluding carboxylic acids is 1. The number of hydrogen-bond donors (Lipinski definition) is 1. The molecule has 1 aromatic heterocycles. The number of fused-ring (bicyclic) bond motifs is 1. The highest BCUT2D eigenvalue weighted by Gasteiger charge is 2.16. The lowest BCUT2D eigenvalue weighted by molar-refractivity contribution is 0.0948. The predicted molar refractivity (Wildman–Crippen MR) is 107 cm³/mol. The van der Waals surface area contributed by atoms with Crippen LogP contribution in [0.4, 0.5) is 0 Å². The molecule has 0 atom stereocenters. The van der Waals surface area contributed by atoms with Crippen molar-refractivity contribution >= 4 is 16.7 Å². The summed E-state index contributed by atoms with van der Waals surface area (Å²) in [6.45, 7) is 2.61. The van der Waals surface area contributed by atoms with Crippen LogP contribution >= 0.6 is 0 Å². The van der Waals surface area contributed by atoms with Gasteiger partial charge in [-0.15, -0.1) is 0 Å². The van der Waals surface area contributed by atoms with Gasteiger partial charge in [0.15, 0.2) is 5.69 Å². The molecule has 0 radical (unpaired) electrons. The molecule has 1 heterocycles. The van der Waals surface area contributed by atoms with Gasteiger partial charge in [-0.05, 0) is 43.2 Å². The molecule has 2 aromatic carbocycles.